The van der Waals surface area contributed by atoms with Crippen LogP contribution in [-0.4, -0.2) is 15.9 Å². The van der Waals surface area contributed by atoms with Gasteiger partial charge in [0.05, 0.1) is 6.42 Å². The van der Waals surface area contributed by atoms with Crippen molar-refractivity contribution in [3.8, 4) is 0 Å². The molecule has 0 atom stereocenters. The van der Waals surface area contributed by atoms with Crippen LogP contribution in [0.3, 0.4) is 0 Å². The van der Waals surface area contributed by atoms with Crippen LogP contribution < -0.4 is 5.73 Å². The fraction of sp³-hybridized carbons (Fsp3) is 0.182. The summed E-state index contributed by atoms with van der Waals surface area (Å²) >= 11 is 0. The molecule has 2 rings (SSSR count). The molecule has 0 aromatic carbocycles. The van der Waals surface area contributed by atoms with Crippen LogP contribution in [0, 0.1) is 6.92 Å². The second-order valence-corrected chi connectivity index (χ2v) is 3.44. The Morgan fingerprint density at radius 1 is 1.40 bits per heavy atom. The summed E-state index contributed by atoms with van der Waals surface area (Å²) in [5.74, 6) is -0.344. The SMILES string of the molecule is Cc1ccc2c(CC(N)=O)ccnc2n1. The maximum atomic E-state index is 10.9. The molecule has 15 heavy (non-hydrogen) atoms. The summed E-state index contributed by atoms with van der Waals surface area (Å²) < 4.78 is 0. The normalized spacial score (nSPS) is 10.5. The van der Waals surface area contributed by atoms with Gasteiger partial charge in [-0.1, -0.05) is 0 Å². The molecule has 0 aliphatic heterocycles. The van der Waals surface area contributed by atoms with E-state index in [1.807, 2.05) is 19.1 Å². The number of nitrogens with zero attached hydrogens (tertiary/aromatic N) is 2. The average Bonchev–Trinajstić information content (AvgIpc) is 2.16. The summed E-state index contributed by atoms with van der Waals surface area (Å²) in [4.78, 5) is 19.3. The molecule has 2 heterocycles. The Hall–Kier alpha value is -1.97. The quantitative estimate of drug-likeness (QED) is 0.787. The number of aromatic nitrogens is 2. The first-order chi connectivity index (χ1) is 7.16. The third kappa shape index (κ3) is 1.93. The molecule has 2 aromatic heterocycles. The number of pyridine rings is 2. The van der Waals surface area contributed by atoms with Gasteiger partial charge in [-0.05, 0) is 30.7 Å². The second kappa shape index (κ2) is 3.65. The Kier molecular flexibility index (Phi) is 2.33. The standard InChI is InChI=1S/C11H11N3O/c1-7-2-3-9-8(6-10(12)15)4-5-13-11(9)14-7/h2-5H,6H2,1H3,(H2,12,15). The van der Waals surface area contributed by atoms with E-state index in [1.54, 1.807) is 12.3 Å². The van der Waals surface area contributed by atoms with E-state index < -0.39 is 0 Å². The predicted octanol–water partition coefficient (Wildman–Crippen LogP) is 0.966. The molecule has 0 aliphatic rings. The van der Waals surface area contributed by atoms with Gasteiger partial charge in [0.1, 0.15) is 0 Å². The molecule has 0 bridgehead atoms. The fourth-order valence-corrected chi connectivity index (χ4v) is 1.52. The van der Waals surface area contributed by atoms with Crippen molar-refractivity contribution in [1.82, 2.24) is 9.97 Å². The van der Waals surface area contributed by atoms with E-state index in [0.717, 1.165) is 16.6 Å². The van der Waals surface area contributed by atoms with Crippen LogP contribution in [0.4, 0.5) is 0 Å². The largest absolute Gasteiger partial charge is 0.369 e. The number of carbonyl (C=O) groups is 1. The number of amides is 1. The van der Waals surface area contributed by atoms with Crippen LogP contribution in [0.5, 0.6) is 0 Å². The average molecular weight is 201 g/mol. The lowest BCUT2D eigenvalue weighted by Gasteiger charge is -2.03. The minimum absolute atomic E-state index is 0.226. The van der Waals surface area contributed by atoms with Crippen LogP contribution >= 0.6 is 0 Å². The Balaban J connectivity index is 2.60. The van der Waals surface area contributed by atoms with Crippen LogP contribution in [0.25, 0.3) is 11.0 Å². The highest BCUT2D eigenvalue weighted by atomic mass is 16.1. The number of carbonyl (C=O) groups excluding carboxylic acids is 1. The third-order valence-corrected chi connectivity index (χ3v) is 2.20. The van der Waals surface area contributed by atoms with Crippen LogP contribution in [0.2, 0.25) is 0 Å². The highest BCUT2D eigenvalue weighted by Gasteiger charge is 2.05. The van der Waals surface area contributed by atoms with Crippen molar-refractivity contribution < 1.29 is 4.79 Å². The van der Waals surface area contributed by atoms with Crippen molar-refractivity contribution in [2.75, 3.05) is 0 Å². The van der Waals surface area contributed by atoms with Gasteiger partial charge < -0.3 is 5.73 Å². The van der Waals surface area contributed by atoms with Gasteiger partial charge in [0.15, 0.2) is 5.65 Å². The van der Waals surface area contributed by atoms with E-state index in [2.05, 4.69) is 9.97 Å². The monoisotopic (exact) mass is 201 g/mol. The number of aryl methyl sites for hydroxylation is 1. The molecule has 0 fully saturated rings. The number of primary amides is 1. The Morgan fingerprint density at radius 2 is 2.20 bits per heavy atom. The lowest BCUT2D eigenvalue weighted by atomic mass is 10.1. The summed E-state index contributed by atoms with van der Waals surface area (Å²) in [7, 11) is 0. The van der Waals surface area contributed by atoms with Crippen molar-refractivity contribution in [2.24, 2.45) is 5.73 Å². The zero-order valence-corrected chi connectivity index (χ0v) is 8.40. The summed E-state index contributed by atoms with van der Waals surface area (Å²) in [5, 5.41) is 0.891. The lowest BCUT2D eigenvalue weighted by Crippen LogP contribution is -2.14. The number of fused-ring (bicyclic) bond motifs is 1. The number of hydrogen-bond acceptors (Lipinski definition) is 3. The molecule has 0 radical (unpaired) electrons. The van der Waals surface area contributed by atoms with E-state index >= 15 is 0 Å². The van der Waals surface area contributed by atoms with Crippen LogP contribution in [-0.2, 0) is 11.2 Å². The third-order valence-electron chi connectivity index (χ3n) is 2.20. The molecule has 2 aromatic rings. The summed E-state index contributed by atoms with van der Waals surface area (Å²) in [6.07, 6.45) is 1.87. The molecule has 4 nitrogen and oxygen atoms in total. The topological polar surface area (TPSA) is 68.9 Å². The second-order valence-electron chi connectivity index (χ2n) is 3.44. The van der Waals surface area contributed by atoms with E-state index in [0.29, 0.717) is 5.65 Å². The van der Waals surface area contributed by atoms with Crippen LogP contribution in [0.1, 0.15) is 11.3 Å². The first-order valence-corrected chi connectivity index (χ1v) is 4.66. The summed E-state index contributed by atoms with van der Waals surface area (Å²) in [6, 6.07) is 5.61. The molecule has 0 aliphatic carbocycles. The first kappa shape index (κ1) is 9.58. The number of rotatable bonds is 2. The van der Waals surface area contributed by atoms with Gasteiger partial charge >= 0.3 is 0 Å². The molecule has 0 unspecified atom stereocenters. The minimum Gasteiger partial charge on any atom is -0.369 e. The van der Waals surface area contributed by atoms with Crippen molar-refractivity contribution in [1.29, 1.82) is 0 Å². The molecule has 2 N–H and O–H groups in total. The smallest absolute Gasteiger partial charge is 0.221 e. The van der Waals surface area contributed by atoms with Gasteiger partial charge in [0.2, 0.25) is 5.91 Å². The van der Waals surface area contributed by atoms with Crippen molar-refractivity contribution in [3.05, 3.63) is 35.7 Å². The fourth-order valence-electron chi connectivity index (χ4n) is 1.52. The highest BCUT2D eigenvalue weighted by molar-refractivity contribution is 5.85. The highest BCUT2D eigenvalue weighted by Crippen LogP contribution is 2.15. The van der Waals surface area contributed by atoms with E-state index in [9.17, 15) is 4.79 Å². The number of nitrogens with two attached hydrogens (primary N) is 1. The Labute approximate surface area is 87.1 Å². The zero-order chi connectivity index (χ0) is 10.8. The minimum atomic E-state index is -0.344. The van der Waals surface area contributed by atoms with Gasteiger partial charge in [-0.25, -0.2) is 9.97 Å². The van der Waals surface area contributed by atoms with Gasteiger partial charge in [-0.2, -0.15) is 0 Å². The maximum Gasteiger partial charge on any atom is 0.221 e. The van der Waals surface area contributed by atoms with Gasteiger partial charge in [0.25, 0.3) is 0 Å². The van der Waals surface area contributed by atoms with Crippen molar-refractivity contribution in [3.63, 3.8) is 0 Å². The Bertz CT molecular complexity index is 522. The molecule has 0 spiro atoms. The molecule has 0 saturated heterocycles. The van der Waals surface area contributed by atoms with Crippen molar-refractivity contribution >= 4 is 16.9 Å². The molecular weight excluding hydrogens is 190 g/mol. The lowest BCUT2D eigenvalue weighted by molar-refractivity contribution is -0.117. The van der Waals surface area contributed by atoms with E-state index in [-0.39, 0.29) is 12.3 Å². The number of hydrogen-bond donors (Lipinski definition) is 1. The molecule has 1 amide bonds. The molecule has 0 saturated carbocycles. The van der Waals surface area contributed by atoms with Gasteiger partial charge in [0, 0.05) is 17.3 Å². The molecule has 4 heteroatoms. The van der Waals surface area contributed by atoms with Crippen molar-refractivity contribution in [2.45, 2.75) is 13.3 Å². The zero-order valence-electron chi connectivity index (χ0n) is 8.40. The van der Waals surface area contributed by atoms with Gasteiger partial charge in [-0.15, -0.1) is 0 Å². The Morgan fingerprint density at radius 3 is 2.93 bits per heavy atom. The summed E-state index contributed by atoms with van der Waals surface area (Å²) in [6.45, 7) is 1.90. The van der Waals surface area contributed by atoms with E-state index in [1.165, 1.54) is 0 Å². The summed E-state index contributed by atoms with van der Waals surface area (Å²) in [5.41, 5.74) is 7.61. The van der Waals surface area contributed by atoms with E-state index in [4.69, 9.17) is 5.73 Å². The van der Waals surface area contributed by atoms with Gasteiger partial charge in [-0.3, -0.25) is 4.79 Å². The predicted molar refractivity (Wildman–Crippen MR) is 57.2 cm³/mol. The van der Waals surface area contributed by atoms with Crippen LogP contribution in [0.15, 0.2) is 24.4 Å². The molecule has 76 valence electrons. The maximum absolute atomic E-state index is 10.9. The first-order valence-electron chi connectivity index (χ1n) is 4.66. The molecular formula is C11H11N3O.